The second kappa shape index (κ2) is 10.6. The summed E-state index contributed by atoms with van der Waals surface area (Å²) in [5, 5.41) is 17.6. The van der Waals surface area contributed by atoms with Crippen molar-refractivity contribution in [2.45, 2.75) is 0 Å². The number of rotatable bonds is 6. The molecule has 10 nitrogen and oxygen atoms in total. The van der Waals surface area contributed by atoms with Gasteiger partial charge in [0.15, 0.2) is 0 Å². The van der Waals surface area contributed by atoms with E-state index in [1.165, 1.54) is 0 Å². The second-order valence-corrected chi connectivity index (χ2v) is 8.21. The molecule has 0 saturated heterocycles. The number of aliphatic imine (C=N–C) groups is 2. The van der Waals surface area contributed by atoms with E-state index in [9.17, 15) is 9.59 Å². The molecule has 4 amide bonds. The van der Waals surface area contributed by atoms with Crippen molar-refractivity contribution in [1.29, 1.82) is 0 Å². The minimum absolute atomic E-state index is 0.387. The molecule has 0 spiro atoms. The van der Waals surface area contributed by atoms with E-state index in [0.717, 1.165) is 49.0 Å². The third-order valence-corrected chi connectivity index (χ3v) is 5.56. The molecule has 2 aliphatic rings. The summed E-state index contributed by atoms with van der Waals surface area (Å²) in [7, 11) is 0. The second-order valence-electron chi connectivity index (χ2n) is 8.21. The lowest BCUT2D eigenvalue weighted by Gasteiger charge is -2.11. The van der Waals surface area contributed by atoms with Gasteiger partial charge in [-0.05, 0) is 66.7 Å². The molecular weight excluding hydrogens is 456 g/mol. The summed E-state index contributed by atoms with van der Waals surface area (Å²) in [6.45, 7) is 3.23. The van der Waals surface area contributed by atoms with Gasteiger partial charge in [0.25, 0.3) is 0 Å². The molecule has 10 heteroatoms. The quantitative estimate of drug-likeness (QED) is 0.320. The van der Waals surface area contributed by atoms with Crippen LogP contribution in [0.25, 0.3) is 0 Å². The number of hydrogen-bond donors (Lipinski definition) is 6. The maximum absolute atomic E-state index is 12.4. The van der Waals surface area contributed by atoms with E-state index in [1.807, 2.05) is 48.5 Å². The molecule has 0 unspecified atom stereocenters. The average molecular weight is 483 g/mol. The first-order chi connectivity index (χ1) is 17.6. The highest BCUT2D eigenvalue weighted by Gasteiger charge is 2.10. The highest BCUT2D eigenvalue weighted by atomic mass is 16.2. The Hall–Kier alpha value is -4.86. The molecule has 0 aromatic heterocycles. The number of amidine groups is 2. The summed E-state index contributed by atoms with van der Waals surface area (Å²) in [5.41, 5.74) is 4.36. The van der Waals surface area contributed by atoms with Crippen molar-refractivity contribution in [3.05, 3.63) is 83.9 Å². The van der Waals surface area contributed by atoms with Crippen molar-refractivity contribution in [1.82, 2.24) is 10.6 Å². The fourth-order valence-corrected chi connectivity index (χ4v) is 3.87. The molecule has 0 bridgehead atoms. The van der Waals surface area contributed by atoms with Crippen molar-refractivity contribution in [3.8, 4) is 0 Å². The molecule has 5 rings (SSSR count). The predicted octanol–water partition coefficient (Wildman–Crippen LogP) is 3.67. The molecule has 0 radical (unpaired) electrons. The fraction of sp³-hybridized carbons (Fsp3) is 0.154. The first-order valence-corrected chi connectivity index (χ1v) is 11.7. The Bertz CT molecular complexity index is 1220. The van der Waals surface area contributed by atoms with Crippen LogP contribution in [0, 0.1) is 0 Å². The number of carbonyl (C=O) groups excluding carboxylic acids is 2. The number of anilines is 4. The van der Waals surface area contributed by atoms with Crippen molar-refractivity contribution >= 4 is 46.5 Å². The lowest BCUT2D eigenvalue weighted by Crippen LogP contribution is -2.21. The normalized spacial score (nSPS) is 14.1. The number of nitrogens with zero attached hydrogens (tertiary/aromatic N) is 2. The maximum Gasteiger partial charge on any atom is 0.323 e. The van der Waals surface area contributed by atoms with Crippen LogP contribution in [0.15, 0.2) is 82.8 Å². The van der Waals surface area contributed by atoms with Crippen molar-refractivity contribution < 1.29 is 9.59 Å². The molecule has 36 heavy (non-hydrogen) atoms. The minimum Gasteiger partial charge on any atom is -0.368 e. The molecule has 3 aromatic carbocycles. The Labute approximate surface area is 208 Å². The summed E-state index contributed by atoms with van der Waals surface area (Å²) >= 11 is 0. The summed E-state index contributed by atoms with van der Waals surface area (Å²) in [6.07, 6.45) is 0. The van der Waals surface area contributed by atoms with E-state index in [2.05, 4.69) is 41.9 Å². The van der Waals surface area contributed by atoms with Gasteiger partial charge in [0.05, 0.1) is 13.1 Å². The lowest BCUT2D eigenvalue weighted by atomic mass is 10.2. The smallest absolute Gasteiger partial charge is 0.323 e. The predicted molar refractivity (Wildman–Crippen MR) is 143 cm³/mol. The highest BCUT2D eigenvalue weighted by Crippen LogP contribution is 2.18. The van der Waals surface area contributed by atoms with Crippen LogP contribution in [0.5, 0.6) is 0 Å². The van der Waals surface area contributed by atoms with E-state index in [0.29, 0.717) is 22.7 Å². The zero-order valence-corrected chi connectivity index (χ0v) is 19.5. The first-order valence-electron chi connectivity index (χ1n) is 11.7. The molecular formula is C26H26N8O2. The topological polar surface area (TPSA) is 131 Å². The van der Waals surface area contributed by atoms with Crippen LogP contribution in [-0.2, 0) is 0 Å². The van der Waals surface area contributed by atoms with E-state index in [1.54, 1.807) is 24.3 Å². The molecule has 182 valence electrons. The standard InChI is InChI=1S/C26H26N8O2/c35-25(31-19-8-4-17(5-9-19)23-27-12-13-28-23)33-21-2-1-3-22(16-21)34-26(36)32-20-10-6-18(7-11-20)24-29-14-15-30-24/h1-11,16H,12-15H2,(H,27,28)(H,29,30)(H2,31,33,35)(H2,32,34,36). The van der Waals surface area contributed by atoms with Crippen LogP contribution in [0.1, 0.15) is 11.1 Å². The van der Waals surface area contributed by atoms with Crippen molar-refractivity contribution in [2.24, 2.45) is 9.98 Å². The maximum atomic E-state index is 12.4. The lowest BCUT2D eigenvalue weighted by molar-refractivity contribution is 0.261. The molecule has 0 aliphatic carbocycles. The van der Waals surface area contributed by atoms with Gasteiger partial charge in [-0.3, -0.25) is 9.98 Å². The van der Waals surface area contributed by atoms with Gasteiger partial charge in [-0.15, -0.1) is 0 Å². The number of urea groups is 2. The van der Waals surface area contributed by atoms with Crippen LogP contribution in [0.4, 0.5) is 32.3 Å². The zero-order chi connectivity index (χ0) is 24.7. The van der Waals surface area contributed by atoms with Gasteiger partial charge in [-0.1, -0.05) is 6.07 Å². The van der Waals surface area contributed by atoms with Crippen molar-refractivity contribution in [2.75, 3.05) is 47.4 Å². The Kier molecular flexibility index (Phi) is 6.74. The molecule has 3 aromatic rings. The largest absolute Gasteiger partial charge is 0.368 e. The van der Waals surface area contributed by atoms with E-state index >= 15 is 0 Å². The summed E-state index contributed by atoms with van der Waals surface area (Å²) in [5.74, 6) is 1.74. The Morgan fingerprint density at radius 1 is 0.583 bits per heavy atom. The van der Waals surface area contributed by atoms with Gasteiger partial charge < -0.3 is 31.9 Å². The van der Waals surface area contributed by atoms with E-state index < -0.39 is 0 Å². The van der Waals surface area contributed by atoms with Crippen LogP contribution >= 0.6 is 0 Å². The van der Waals surface area contributed by atoms with Gasteiger partial charge in [0.2, 0.25) is 0 Å². The SMILES string of the molecule is O=C(Nc1ccc(C2=NCCN2)cc1)Nc1cccc(NC(=O)Nc2ccc(C3=NCCN3)cc2)c1. The molecule has 0 fully saturated rings. The van der Waals surface area contributed by atoms with Crippen molar-refractivity contribution in [3.63, 3.8) is 0 Å². The molecule has 6 N–H and O–H groups in total. The Balaban J connectivity index is 1.13. The van der Waals surface area contributed by atoms with Gasteiger partial charge in [0.1, 0.15) is 11.7 Å². The van der Waals surface area contributed by atoms with Crippen LogP contribution in [0.2, 0.25) is 0 Å². The first kappa shape index (κ1) is 22.9. The van der Waals surface area contributed by atoms with Gasteiger partial charge in [-0.25, -0.2) is 9.59 Å². The summed E-state index contributed by atoms with van der Waals surface area (Å²) in [6, 6.07) is 21.1. The average Bonchev–Trinajstić information content (AvgIpc) is 3.60. The number of hydrogen-bond acceptors (Lipinski definition) is 6. The summed E-state index contributed by atoms with van der Waals surface area (Å²) in [4.78, 5) is 33.7. The van der Waals surface area contributed by atoms with E-state index in [-0.39, 0.29) is 12.1 Å². The monoisotopic (exact) mass is 482 g/mol. The molecule has 2 heterocycles. The molecule has 0 atom stereocenters. The van der Waals surface area contributed by atoms with E-state index in [4.69, 9.17) is 0 Å². The number of carbonyl (C=O) groups is 2. The van der Waals surface area contributed by atoms with Gasteiger partial charge in [-0.2, -0.15) is 0 Å². The van der Waals surface area contributed by atoms with Crippen LogP contribution in [0.3, 0.4) is 0 Å². The molecule has 2 aliphatic heterocycles. The number of benzene rings is 3. The number of amides is 4. The van der Waals surface area contributed by atoms with Crippen LogP contribution < -0.4 is 31.9 Å². The zero-order valence-electron chi connectivity index (χ0n) is 19.5. The van der Waals surface area contributed by atoms with Crippen LogP contribution in [-0.4, -0.2) is 49.9 Å². The summed E-state index contributed by atoms with van der Waals surface area (Å²) < 4.78 is 0. The van der Waals surface area contributed by atoms with Gasteiger partial charge in [0, 0.05) is 47.0 Å². The Morgan fingerprint density at radius 3 is 1.39 bits per heavy atom. The highest BCUT2D eigenvalue weighted by molar-refractivity contribution is 6.04. The number of nitrogens with one attached hydrogen (secondary N) is 6. The molecule has 0 saturated carbocycles. The van der Waals surface area contributed by atoms with Gasteiger partial charge >= 0.3 is 12.1 Å². The third kappa shape index (κ3) is 5.79. The Morgan fingerprint density at radius 2 is 1.00 bits per heavy atom. The minimum atomic E-state index is -0.387. The fourth-order valence-electron chi connectivity index (χ4n) is 3.87. The third-order valence-electron chi connectivity index (χ3n) is 5.56.